The number of methoxy groups -OCH3 is 2. The number of aromatic nitrogens is 2. The molecule has 1 aromatic heterocycles. The lowest BCUT2D eigenvalue weighted by molar-refractivity contribution is 0.356. The van der Waals surface area contributed by atoms with Gasteiger partial charge in [0.1, 0.15) is 5.82 Å². The van der Waals surface area contributed by atoms with E-state index in [-0.39, 0.29) is 0 Å². The van der Waals surface area contributed by atoms with Crippen molar-refractivity contribution in [2.45, 2.75) is 9.79 Å². The van der Waals surface area contributed by atoms with E-state index in [1.807, 2.05) is 72.8 Å². The largest absolute Gasteiger partial charge is 0.493 e. The lowest BCUT2D eigenvalue weighted by Crippen LogP contribution is -1.97. The van der Waals surface area contributed by atoms with Crippen LogP contribution in [0.5, 0.6) is 11.5 Å². The highest BCUT2D eigenvalue weighted by molar-refractivity contribution is 7.92. The molecule has 4 aromatic carbocycles. The molecule has 1 aliphatic rings. The predicted molar refractivity (Wildman–Crippen MR) is 139 cm³/mol. The van der Waals surface area contributed by atoms with Gasteiger partial charge in [-0.2, -0.15) is 0 Å². The van der Waals surface area contributed by atoms with Crippen molar-refractivity contribution >= 4 is 9.84 Å². The SMILES string of the molecule is COc1cccc(-c2nc(-c3ccc4c(c3)S(=O)(=O)c3ccccc3-4)c(-c3ccccc3)[nH]2)c1OC. The molecule has 5 aromatic rings. The number of H-pyrrole nitrogens is 1. The Hall–Kier alpha value is -4.36. The molecule has 0 saturated heterocycles. The van der Waals surface area contributed by atoms with Crippen LogP contribution in [0.15, 0.2) is 101 Å². The number of ether oxygens (including phenoxy) is 2. The Kier molecular flexibility index (Phi) is 5.16. The maximum absolute atomic E-state index is 13.3. The third kappa shape index (κ3) is 3.31. The molecule has 7 heteroatoms. The van der Waals surface area contributed by atoms with Crippen molar-refractivity contribution in [3.05, 3.63) is 91.0 Å². The topological polar surface area (TPSA) is 81.3 Å². The molecule has 0 fully saturated rings. The summed E-state index contributed by atoms with van der Waals surface area (Å²) in [5.41, 5.74) is 5.24. The van der Waals surface area contributed by atoms with Crippen molar-refractivity contribution in [2.24, 2.45) is 0 Å². The fourth-order valence-corrected chi connectivity index (χ4v) is 6.47. The van der Waals surface area contributed by atoms with E-state index >= 15 is 0 Å². The molecule has 36 heavy (non-hydrogen) atoms. The Bertz CT molecular complexity index is 1720. The van der Waals surface area contributed by atoms with E-state index in [2.05, 4.69) is 4.98 Å². The molecule has 2 heterocycles. The summed E-state index contributed by atoms with van der Waals surface area (Å²) in [7, 11) is -0.432. The lowest BCUT2D eigenvalue weighted by Gasteiger charge is -2.10. The van der Waals surface area contributed by atoms with Crippen LogP contribution in [-0.2, 0) is 9.84 Å². The van der Waals surface area contributed by atoms with Gasteiger partial charge < -0.3 is 14.5 Å². The van der Waals surface area contributed by atoms with Crippen LogP contribution in [0.1, 0.15) is 0 Å². The second-order valence-corrected chi connectivity index (χ2v) is 10.3. The van der Waals surface area contributed by atoms with Crippen molar-refractivity contribution in [3.8, 4) is 56.5 Å². The zero-order chi connectivity index (χ0) is 24.9. The van der Waals surface area contributed by atoms with Crippen LogP contribution in [0.2, 0.25) is 0 Å². The molecule has 0 atom stereocenters. The number of imidazole rings is 1. The first kappa shape index (κ1) is 22.1. The summed E-state index contributed by atoms with van der Waals surface area (Å²) in [4.78, 5) is 9.03. The van der Waals surface area contributed by atoms with Gasteiger partial charge in [0.2, 0.25) is 9.84 Å². The number of sulfone groups is 1. The summed E-state index contributed by atoms with van der Waals surface area (Å²) in [6.07, 6.45) is 0. The zero-order valence-corrected chi connectivity index (χ0v) is 20.5. The van der Waals surface area contributed by atoms with E-state index in [4.69, 9.17) is 14.5 Å². The number of benzene rings is 4. The number of hydrogen-bond acceptors (Lipinski definition) is 5. The first-order valence-corrected chi connectivity index (χ1v) is 12.9. The number of para-hydroxylation sites is 1. The maximum atomic E-state index is 13.3. The average molecular weight is 495 g/mol. The van der Waals surface area contributed by atoms with Crippen LogP contribution in [0, 0.1) is 0 Å². The zero-order valence-electron chi connectivity index (χ0n) is 19.6. The molecule has 6 rings (SSSR count). The van der Waals surface area contributed by atoms with E-state index in [1.54, 1.807) is 32.4 Å². The average Bonchev–Trinajstić information content (AvgIpc) is 3.46. The minimum Gasteiger partial charge on any atom is -0.493 e. The summed E-state index contributed by atoms with van der Waals surface area (Å²) >= 11 is 0. The number of fused-ring (bicyclic) bond motifs is 3. The molecule has 6 nitrogen and oxygen atoms in total. The Balaban J connectivity index is 1.57. The van der Waals surface area contributed by atoms with Crippen molar-refractivity contribution in [1.29, 1.82) is 0 Å². The van der Waals surface area contributed by atoms with E-state index in [0.717, 1.165) is 22.4 Å². The van der Waals surface area contributed by atoms with Crippen LogP contribution in [0.25, 0.3) is 45.0 Å². The molecule has 0 saturated carbocycles. The monoisotopic (exact) mass is 494 g/mol. The third-order valence-electron chi connectivity index (χ3n) is 6.44. The highest BCUT2D eigenvalue weighted by Gasteiger charge is 2.33. The summed E-state index contributed by atoms with van der Waals surface area (Å²) in [6.45, 7) is 0. The Morgan fingerprint density at radius 3 is 2.19 bits per heavy atom. The molecule has 0 unspecified atom stereocenters. The first-order valence-electron chi connectivity index (χ1n) is 11.4. The molecule has 0 aliphatic carbocycles. The van der Waals surface area contributed by atoms with Crippen molar-refractivity contribution in [2.75, 3.05) is 14.2 Å². The lowest BCUT2D eigenvalue weighted by atomic mass is 10.0. The second-order valence-electron chi connectivity index (χ2n) is 8.43. The van der Waals surface area contributed by atoms with E-state index in [1.165, 1.54) is 0 Å². The molecule has 0 spiro atoms. The molecule has 0 bridgehead atoms. The van der Waals surface area contributed by atoms with Gasteiger partial charge in [-0.1, -0.05) is 66.7 Å². The Labute approximate surface area is 209 Å². The van der Waals surface area contributed by atoms with Crippen LogP contribution in [0.4, 0.5) is 0 Å². The van der Waals surface area contributed by atoms with Gasteiger partial charge >= 0.3 is 0 Å². The van der Waals surface area contributed by atoms with Gasteiger partial charge in [-0.25, -0.2) is 13.4 Å². The predicted octanol–water partition coefficient (Wildman–Crippen LogP) is 6.24. The number of hydrogen-bond donors (Lipinski definition) is 1. The summed E-state index contributed by atoms with van der Waals surface area (Å²) in [5, 5.41) is 0. The van der Waals surface area contributed by atoms with Crippen molar-refractivity contribution in [1.82, 2.24) is 9.97 Å². The number of aromatic amines is 1. The van der Waals surface area contributed by atoms with Crippen molar-refractivity contribution in [3.63, 3.8) is 0 Å². The number of rotatable bonds is 5. The standard InChI is InChI=1S/C29H22N2O4S/c1-34-23-13-8-12-22(28(23)35-2)29-30-26(18-9-4-3-5-10-18)27(31-29)19-15-16-21-20-11-6-7-14-24(20)36(32,33)25(21)17-19/h3-17H,1-2H3,(H,30,31). The molecular formula is C29H22N2O4S. The Morgan fingerprint density at radius 2 is 1.42 bits per heavy atom. The van der Waals surface area contributed by atoms with Crippen LogP contribution in [-0.4, -0.2) is 32.6 Å². The van der Waals surface area contributed by atoms with E-state index in [0.29, 0.717) is 43.9 Å². The highest BCUT2D eigenvalue weighted by atomic mass is 32.2. The molecule has 1 N–H and O–H groups in total. The smallest absolute Gasteiger partial charge is 0.207 e. The maximum Gasteiger partial charge on any atom is 0.207 e. The number of nitrogens with zero attached hydrogens (tertiary/aromatic N) is 1. The van der Waals surface area contributed by atoms with Gasteiger partial charge in [0, 0.05) is 22.3 Å². The quantitative estimate of drug-likeness (QED) is 0.307. The van der Waals surface area contributed by atoms with Gasteiger partial charge in [-0.05, 0) is 24.3 Å². The second kappa shape index (κ2) is 8.39. The fraction of sp³-hybridized carbons (Fsp3) is 0.0690. The number of nitrogens with one attached hydrogen (secondary N) is 1. The summed E-state index contributed by atoms with van der Waals surface area (Å²) in [6, 6.07) is 28.1. The molecule has 0 radical (unpaired) electrons. The van der Waals surface area contributed by atoms with E-state index in [9.17, 15) is 8.42 Å². The molecule has 178 valence electrons. The van der Waals surface area contributed by atoms with Gasteiger partial charge in [-0.15, -0.1) is 0 Å². The van der Waals surface area contributed by atoms with E-state index < -0.39 is 9.84 Å². The Morgan fingerprint density at radius 1 is 0.694 bits per heavy atom. The van der Waals surface area contributed by atoms with Gasteiger partial charge in [0.05, 0.1) is 41.0 Å². The minimum absolute atomic E-state index is 0.295. The van der Waals surface area contributed by atoms with Crippen molar-refractivity contribution < 1.29 is 17.9 Å². The highest BCUT2D eigenvalue weighted by Crippen LogP contribution is 2.46. The van der Waals surface area contributed by atoms with Gasteiger partial charge in [0.25, 0.3) is 0 Å². The van der Waals surface area contributed by atoms with Gasteiger partial charge in [0.15, 0.2) is 11.5 Å². The van der Waals surface area contributed by atoms with Crippen LogP contribution < -0.4 is 9.47 Å². The normalized spacial score (nSPS) is 13.2. The summed E-state index contributed by atoms with van der Waals surface area (Å²) in [5.74, 6) is 1.74. The molecule has 0 amide bonds. The fourth-order valence-electron chi connectivity index (χ4n) is 4.75. The molecule has 1 aliphatic heterocycles. The summed E-state index contributed by atoms with van der Waals surface area (Å²) < 4.78 is 37.8. The van der Waals surface area contributed by atoms with Crippen LogP contribution in [0.3, 0.4) is 0 Å². The molecular weight excluding hydrogens is 472 g/mol. The van der Waals surface area contributed by atoms with Gasteiger partial charge in [-0.3, -0.25) is 0 Å². The third-order valence-corrected chi connectivity index (χ3v) is 8.29. The first-order chi connectivity index (χ1) is 17.5. The minimum atomic E-state index is -3.61. The van der Waals surface area contributed by atoms with Crippen LogP contribution >= 0.6 is 0 Å².